The minimum atomic E-state index is -4.30. The second-order valence-corrected chi connectivity index (χ2v) is 11.6. The summed E-state index contributed by atoms with van der Waals surface area (Å²) in [5.74, 6) is -0.774. The van der Waals surface area contributed by atoms with Crippen molar-refractivity contribution < 1.29 is 36.2 Å². The molecule has 0 atom stereocenters. The number of benzene rings is 4. The molecular formula is C36H35F5N2O3. The maximum absolute atomic E-state index is 14.8. The van der Waals surface area contributed by atoms with Gasteiger partial charge >= 0.3 is 18.3 Å². The van der Waals surface area contributed by atoms with E-state index in [1.54, 1.807) is 0 Å². The smallest absolute Gasteiger partial charge is 0.426 e. The summed E-state index contributed by atoms with van der Waals surface area (Å²) in [5, 5.41) is 0. The molecule has 0 fully saturated rings. The van der Waals surface area contributed by atoms with E-state index in [0.717, 1.165) is 11.1 Å². The molecule has 4 aromatic carbocycles. The maximum Gasteiger partial charge on any atom is 0.426 e. The van der Waals surface area contributed by atoms with Crippen LogP contribution < -0.4 is 16.2 Å². The number of alkyl halides is 5. The van der Waals surface area contributed by atoms with Gasteiger partial charge in [-0.05, 0) is 96.1 Å². The molecule has 0 heterocycles. The normalized spacial score (nSPS) is 12.3. The van der Waals surface area contributed by atoms with Gasteiger partial charge < -0.3 is 20.9 Å². The molecule has 0 unspecified atom stereocenters. The van der Waals surface area contributed by atoms with Crippen molar-refractivity contribution in [3.63, 3.8) is 0 Å². The highest BCUT2D eigenvalue weighted by Gasteiger charge is 2.34. The van der Waals surface area contributed by atoms with Crippen molar-refractivity contribution in [2.45, 2.75) is 44.9 Å². The van der Waals surface area contributed by atoms with Crippen molar-refractivity contribution in [3.05, 3.63) is 131 Å². The van der Waals surface area contributed by atoms with Gasteiger partial charge in [0.2, 0.25) is 0 Å². The summed E-state index contributed by atoms with van der Waals surface area (Å²) < 4.78 is 77.3. The number of anilines is 2. The molecule has 0 aliphatic heterocycles. The Morgan fingerprint density at radius 2 is 1.22 bits per heavy atom. The van der Waals surface area contributed by atoms with E-state index in [1.165, 1.54) is 60.7 Å². The molecule has 5 nitrogen and oxygen atoms in total. The van der Waals surface area contributed by atoms with E-state index < -0.39 is 35.7 Å². The standard InChI is InChI=1S/C36H35F5N2O3/c1-34(22-27-4-13-30(42)14-5-27,23-28-6-15-31(43)16-7-28)24-45-33(44)19-10-25-2-11-29(12-3-25)36(40,41)46-32-17-8-26(9-18-32)20-21-35(37,38)39/h2-19H,20-24,42-43H2,1H3/b19-10+. The van der Waals surface area contributed by atoms with Gasteiger partial charge in [0.1, 0.15) is 5.75 Å². The number of hydrogen-bond acceptors (Lipinski definition) is 5. The van der Waals surface area contributed by atoms with Gasteiger partial charge in [-0.3, -0.25) is 0 Å². The first-order chi connectivity index (χ1) is 21.7. The molecule has 0 saturated heterocycles. The van der Waals surface area contributed by atoms with Crippen molar-refractivity contribution in [2.75, 3.05) is 18.1 Å². The van der Waals surface area contributed by atoms with Crippen LogP contribution in [0, 0.1) is 5.41 Å². The largest absolute Gasteiger partial charge is 0.462 e. The van der Waals surface area contributed by atoms with Crippen molar-refractivity contribution in [1.29, 1.82) is 0 Å². The summed E-state index contributed by atoms with van der Waals surface area (Å²) >= 11 is 0. The predicted molar refractivity (Wildman–Crippen MR) is 169 cm³/mol. The first-order valence-corrected chi connectivity index (χ1v) is 14.5. The van der Waals surface area contributed by atoms with Gasteiger partial charge in [-0.1, -0.05) is 55.5 Å². The van der Waals surface area contributed by atoms with Crippen LogP contribution in [0.1, 0.15) is 41.2 Å². The number of carbonyl (C=O) groups is 1. The summed E-state index contributed by atoms with van der Waals surface area (Å²) in [4.78, 5) is 12.7. The monoisotopic (exact) mass is 638 g/mol. The van der Waals surface area contributed by atoms with Gasteiger partial charge in [-0.2, -0.15) is 22.0 Å². The third-order valence-electron chi connectivity index (χ3n) is 7.31. The average Bonchev–Trinajstić information content (AvgIpc) is 3.01. The number of halogens is 5. The number of carbonyl (C=O) groups excluding carboxylic acids is 1. The molecular weight excluding hydrogens is 603 g/mol. The second kappa shape index (κ2) is 14.5. The van der Waals surface area contributed by atoms with Crippen LogP contribution >= 0.6 is 0 Å². The van der Waals surface area contributed by atoms with Gasteiger partial charge in [-0.25, -0.2) is 4.79 Å². The Balaban J connectivity index is 1.35. The molecule has 0 aliphatic rings. The van der Waals surface area contributed by atoms with Crippen LogP contribution in [-0.4, -0.2) is 18.8 Å². The summed E-state index contributed by atoms with van der Waals surface area (Å²) in [6.45, 7) is 2.15. The number of ether oxygens (including phenoxy) is 2. The molecule has 4 N–H and O–H groups in total. The van der Waals surface area contributed by atoms with Crippen LogP contribution in [0.4, 0.5) is 33.3 Å². The molecule has 242 valence electrons. The van der Waals surface area contributed by atoms with Crippen molar-refractivity contribution in [3.8, 4) is 5.75 Å². The number of hydrogen-bond donors (Lipinski definition) is 2. The Morgan fingerprint density at radius 1 is 0.717 bits per heavy atom. The van der Waals surface area contributed by atoms with Crippen LogP contribution in [0.15, 0.2) is 103 Å². The van der Waals surface area contributed by atoms with Crippen LogP contribution in [0.3, 0.4) is 0 Å². The van der Waals surface area contributed by atoms with Gasteiger partial charge in [-0.15, -0.1) is 0 Å². The van der Waals surface area contributed by atoms with Crippen LogP contribution in [0.2, 0.25) is 0 Å². The molecule has 10 heteroatoms. The first-order valence-electron chi connectivity index (χ1n) is 14.5. The lowest BCUT2D eigenvalue weighted by Gasteiger charge is -2.29. The fraction of sp³-hybridized carbons (Fsp3) is 0.250. The zero-order chi connectivity index (χ0) is 33.4. The zero-order valence-corrected chi connectivity index (χ0v) is 25.2. The lowest BCUT2D eigenvalue weighted by atomic mass is 9.79. The number of nitrogens with two attached hydrogens (primary N) is 2. The molecule has 0 spiro atoms. The lowest BCUT2D eigenvalue weighted by Crippen LogP contribution is -2.30. The third kappa shape index (κ3) is 10.6. The first kappa shape index (κ1) is 34.0. The van der Waals surface area contributed by atoms with E-state index in [0.29, 0.717) is 35.3 Å². The van der Waals surface area contributed by atoms with E-state index >= 15 is 0 Å². The highest BCUT2D eigenvalue weighted by Crippen LogP contribution is 2.33. The Labute approximate surface area is 264 Å². The van der Waals surface area contributed by atoms with E-state index in [-0.39, 0.29) is 18.8 Å². The quantitative estimate of drug-likeness (QED) is 0.0664. The van der Waals surface area contributed by atoms with Crippen molar-refractivity contribution >= 4 is 23.4 Å². The minimum Gasteiger partial charge on any atom is -0.462 e. The molecule has 46 heavy (non-hydrogen) atoms. The number of aryl methyl sites for hydroxylation is 1. The summed E-state index contributed by atoms with van der Waals surface area (Å²) in [5.41, 5.74) is 15.0. The van der Waals surface area contributed by atoms with Gasteiger partial charge in [0, 0.05) is 29.3 Å². The molecule has 0 saturated carbocycles. The van der Waals surface area contributed by atoms with E-state index in [4.69, 9.17) is 20.9 Å². The zero-order valence-electron chi connectivity index (χ0n) is 25.2. The van der Waals surface area contributed by atoms with Crippen molar-refractivity contribution in [2.24, 2.45) is 5.41 Å². The molecule has 0 amide bonds. The summed E-state index contributed by atoms with van der Waals surface area (Å²) in [6.07, 6.45) is -5.33. The van der Waals surface area contributed by atoms with Gasteiger partial charge in [0.05, 0.1) is 12.2 Å². The fourth-order valence-corrected chi connectivity index (χ4v) is 4.88. The molecule has 0 aliphatic carbocycles. The molecule has 0 bridgehead atoms. The second-order valence-electron chi connectivity index (χ2n) is 11.6. The van der Waals surface area contributed by atoms with E-state index in [2.05, 4.69) is 0 Å². The maximum atomic E-state index is 14.8. The van der Waals surface area contributed by atoms with Gasteiger partial charge in [0.25, 0.3) is 0 Å². The number of rotatable bonds is 13. The third-order valence-corrected chi connectivity index (χ3v) is 7.31. The summed E-state index contributed by atoms with van der Waals surface area (Å²) in [7, 11) is 0. The van der Waals surface area contributed by atoms with Crippen LogP contribution in [0.25, 0.3) is 6.08 Å². The van der Waals surface area contributed by atoms with Crippen molar-refractivity contribution in [1.82, 2.24) is 0 Å². The Bertz CT molecular complexity index is 1550. The van der Waals surface area contributed by atoms with Crippen LogP contribution in [-0.2, 0) is 34.9 Å². The number of nitrogen functional groups attached to an aromatic ring is 2. The summed E-state index contributed by atoms with van der Waals surface area (Å²) in [6, 6.07) is 25.3. The van der Waals surface area contributed by atoms with Gasteiger partial charge in [0.15, 0.2) is 0 Å². The minimum absolute atomic E-state index is 0.122. The van der Waals surface area contributed by atoms with E-state index in [1.807, 2.05) is 55.5 Å². The SMILES string of the molecule is CC(COC(=O)/C=C/c1ccc(C(F)(F)Oc2ccc(CCC(F)(F)F)cc2)cc1)(Cc1ccc(N)cc1)Cc1ccc(N)cc1. The van der Waals surface area contributed by atoms with Crippen LogP contribution in [0.5, 0.6) is 5.75 Å². The molecule has 0 aromatic heterocycles. The molecule has 0 radical (unpaired) electrons. The molecule has 4 aromatic rings. The lowest BCUT2D eigenvalue weighted by molar-refractivity contribution is -0.185. The number of esters is 1. The fourth-order valence-electron chi connectivity index (χ4n) is 4.88. The Kier molecular flexibility index (Phi) is 10.7. The predicted octanol–water partition coefficient (Wildman–Crippen LogP) is 8.52. The Morgan fingerprint density at radius 3 is 1.72 bits per heavy atom. The topological polar surface area (TPSA) is 87.6 Å². The molecule has 4 rings (SSSR count). The highest BCUT2D eigenvalue weighted by molar-refractivity contribution is 5.87. The van der Waals surface area contributed by atoms with E-state index in [9.17, 15) is 26.7 Å². The Hall–Kier alpha value is -4.86. The average molecular weight is 639 g/mol. The highest BCUT2D eigenvalue weighted by atomic mass is 19.4.